The van der Waals surface area contributed by atoms with Crippen LogP contribution in [0.4, 0.5) is 0 Å². The van der Waals surface area contributed by atoms with Gasteiger partial charge in [-0.3, -0.25) is 4.79 Å². The van der Waals surface area contributed by atoms with E-state index < -0.39 is 0 Å². The molecule has 0 aliphatic heterocycles. The van der Waals surface area contributed by atoms with Gasteiger partial charge in [0.25, 0.3) is 5.91 Å². The van der Waals surface area contributed by atoms with E-state index in [1.54, 1.807) is 12.3 Å². The topological polar surface area (TPSA) is 42.2 Å². The maximum absolute atomic E-state index is 12.3. The predicted octanol–water partition coefficient (Wildman–Crippen LogP) is 3.92. The van der Waals surface area contributed by atoms with Crippen LogP contribution in [-0.4, -0.2) is 11.9 Å². The second kappa shape index (κ2) is 5.40. The minimum Gasteiger partial charge on any atom is -0.469 e. The number of aryl methyl sites for hydroxylation is 1. The smallest absolute Gasteiger partial charge is 0.255 e. The summed E-state index contributed by atoms with van der Waals surface area (Å²) in [6.07, 6.45) is 6.36. The standard InChI is InChI=1S/C16H25NO2/c1-11-12(9-10-19-11)15(18)17-14-8-6-5-7-13(14)16(2,3)4/h9-10,13-14H,5-8H2,1-4H3,(H,17,18)/t13-,14-/m0/s1. The van der Waals surface area contributed by atoms with Gasteiger partial charge in [-0.15, -0.1) is 0 Å². The molecule has 19 heavy (non-hydrogen) atoms. The number of amides is 1. The molecule has 1 aliphatic carbocycles. The molecular weight excluding hydrogens is 238 g/mol. The van der Waals surface area contributed by atoms with Crippen LogP contribution < -0.4 is 5.32 Å². The summed E-state index contributed by atoms with van der Waals surface area (Å²) in [5.41, 5.74) is 0.905. The molecule has 0 bridgehead atoms. The van der Waals surface area contributed by atoms with Crippen LogP contribution in [0.3, 0.4) is 0 Å². The average Bonchev–Trinajstić information content (AvgIpc) is 2.75. The van der Waals surface area contributed by atoms with Gasteiger partial charge in [0.2, 0.25) is 0 Å². The summed E-state index contributed by atoms with van der Waals surface area (Å²) in [6, 6.07) is 2.04. The van der Waals surface area contributed by atoms with Gasteiger partial charge >= 0.3 is 0 Å². The maximum Gasteiger partial charge on any atom is 0.255 e. The molecule has 1 N–H and O–H groups in total. The second-order valence-corrected chi connectivity index (χ2v) is 6.73. The zero-order valence-corrected chi connectivity index (χ0v) is 12.5. The average molecular weight is 263 g/mol. The zero-order valence-electron chi connectivity index (χ0n) is 12.5. The lowest BCUT2D eigenvalue weighted by Crippen LogP contribution is -2.46. The molecule has 0 saturated heterocycles. The van der Waals surface area contributed by atoms with E-state index in [0.717, 1.165) is 6.42 Å². The van der Waals surface area contributed by atoms with Crippen molar-refractivity contribution in [3.63, 3.8) is 0 Å². The lowest BCUT2D eigenvalue weighted by molar-refractivity contribution is 0.0828. The highest BCUT2D eigenvalue weighted by Crippen LogP contribution is 2.38. The summed E-state index contributed by atoms with van der Waals surface area (Å²) in [5.74, 6) is 1.26. The summed E-state index contributed by atoms with van der Waals surface area (Å²) in [5, 5.41) is 3.22. The summed E-state index contributed by atoms with van der Waals surface area (Å²) >= 11 is 0. The third-order valence-electron chi connectivity index (χ3n) is 4.30. The molecular formula is C16H25NO2. The van der Waals surface area contributed by atoms with E-state index in [1.807, 2.05) is 6.92 Å². The molecule has 1 aromatic rings. The minimum atomic E-state index is 0.00685. The highest BCUT2D eigenvalue weighted by Gasteiger charge is 2.35. The normalized spacial score (nSPS) is 24.2. The first kappa shape index (κ1) is 14.2. The van der Waals surface area contributed by atoms with Gasteiger partial charge in [-0.2, -0.15) is 0 Å². The van der Waals surface area contributed by atoms with Gasteiger partial charge in [-0.05, 0) is 37.2 Å². The SMILES string of the molecule is Cc1occc1C(=O)N[C@H]1CCCC[C@@H]1C(C)(C)C. The quantitative estimate of drug-likeness (QED) is 0.878. The van der Waals surface area contributed by atoms with Crippen LogP contribution in [-0.2, 0) is 0 Å². The zero-order chi connectivity index (χ0) is 14.0. The largest absolute Gasteiger partial charge is 0.469 e. The Bertz CT molecular complexity index is 442. The van der Waals surface area contributed by atoms with Crippen molar-refractivity contribution in [2.45, 2.75) is 59.4 Å². The lowest BCUT2D eigenvalue weighted by atomic mass is 9.69. The number of carbonyl (C=O) groups is 1. The molecule has 0 radical (unpaired) electrons. The first-order valence-electron chi connectivity index (χ1n) is 7.24. The van der Waals surface area contributed by atoms with E-state index in [0.29, 0.717) is 17.2 Å². The van der Waals surface area contributed by atoms with Crippen LogP contribution in [0.2, 0.25) is 0 Å². The predicted molar refractivity (Wildman–Crippen MR) is 76.1 cm³/mol. The van der Waals surface area contributed by atoms with E-state index in [4.69, 9.17) is 4.42 Å². The number of nitrogens with one attached hydrogen (secondary N) is 1. The van der Waals surface area contributed by atoms with E-state index in [9.17, 15) is 4.79 Å². The Labute approximate surface area is 115 Å². The molecule has 0 aromatic carbocycles. The first-order chi connectivity index (χ1) is 8.89. The van der Waals surface area contributed by atoms with Crippen LogP contribution in [0.5, 0.6) is 0 Å². The Kier molecular flexibility index (Phi) is 4.02. The molecule has 1 fully saturated rings. The minimum absolute atomic E-state index is 0.00685. The third-order valence-corrected chi connectivity index (χ3v) is 4.30. The number of rotatable bonds is 2. The highest BCUT2D eigenvalue weighted by molar-refractivity contribution is 5.95. The van der Waals surface area contributed by atoms with Gasteiger partial charge in [0, 0.05) is 6.04 Å². The van der Waals surface area contributed by atoms with E-state index >= 15 is 0 Å². The Morgan fingerprint density at radius 2 is 2.00 bits per heavy atom. The summed E-state index contributed by atoms with van der Waals surface area (Å²) in [7, 11) is 0. The molecule has 2 atom stereocenters. The van der Waals surface area contributed by atoms with E-state index in [2.05, 4.69) is 26.1 Å². The van der Waals surface area contributed by atoms with Crippen molar-refractivity contribution in [2.24, 2.45) is 11.3 Å². The Balaban J connectivity index is 2.08. The Morgan fingerprint density at radius 1 is 1.32 bits per heavy atom. The van der Waals surface area contributed by atoms with Crippen molar-refractivity contribution in [3.05, 3.63) is 23.7 Å². The van der Waals surface area contributed by atoms with Crippen LogP contribution >= 0.6 is 0 Å². The summed E-state index contributed by atoms with van der Waals surface area (Å²) < 4.78 is 5.21. The lowest BCUT2D eigenvalue weighted by Gasteiger charge is -2.40. The van der Waals surface area contributed by atoms with Crippen molar-refractivity contribution in [2.75, 3.05) is 0 Å². The van der Waals surface area contributed by atoms with Crippen molar-refractivity contribution in [1.82, 2.24) is 5.32 Å². The van der Waals surface area contributed by atoms with E-state index in [1.165, 1.54) is 19.3 Å². The molecule has 1 aromatic heterocycles. The fourth-order valence-corrected chi connectivity index (χ4v) is 3.21. The summed E-state index contributed by atoms with van der Waals surface area (Å²) in [6.45, 7) is 8.64. The third kappa shape index (κ3) is 3.20. The van der Waals surface area contributed by atoms with Crippen LogP contribution in [0, 0.1) is 18.3 Å². The van der Waals surface area contributed by atoms with Gasteiger partial charge < -0.3 is 9.73 Å². The number of carbonyl (C=O) groups excluding carboxylic acids is 1. The molecule has 1 amide bonds. The van der Waals surface area contributed by atoms with Gasteiger partial charge in [0.15, 0.2) is 0 Å². The Hall–Kier alpha value is -1.25. The van der Waals surface area contributed by atoms with Gasteiger partial charge in [-0.25, -0.2) is 0 Å². The fourth-order valence-electron chi connectivity index (χ4n) is 3.21. The van der Waals surface area contributed by atoms with Crippen molar-refractivity contribution in [1.29, 1.82) is 0 Å². The van der Waals surface area contributed by atoms with Gasteiger partial charge in [0.05, 0.1) is 11.8 Å². The van der Waals surface area contributed by atoms with Crippen molar-refractivity contribution >= 4 is 5.91 Å². The molecule has 1 aliphatic rings. The molecule has 106 valence electrons. The molecule has 0 unspecified atom stereocenters. The molecule has 1 heterocycles. The fraction of sp³-hybridized carbons (Fsp3) is 0.688. The maximum atomic E-state index is 12.3. The summed E-state index contributed by atoms with van der Waals surface area (Å²) in [4.78, 5) is 12.3. The van der Waals surface area contributed by atoms with Crippen LogP contribution in [0.1, 0.15) is 62.6 Å². The van der Waals surface area contributed by atoms with Crippen molar-refractivity contribution in [3.8, 4) is 0 Å². The number of furan rings is 1. The monoisotopic (exact) mass is 263 g/mol. The van der Waals surface area contributed by atoms with Crippen LogP contribution in [0.25, 0.3) is 0 Å². The number of hydrogen-bond donors (Lipinski definition) is 1. The molecule has 2 rings (SSSR count). The first-order valence-corrected chi connectivity index (χ1v) is 7.24. The van der Waals surface area contributed by atoms with Gasteiger partial charge in [0.1, 0.15) is 5.76 Å². The molecule has 1 saturated carbocycles. The highest BCUT2D eigenvalue weighted by atomic mass is 16.3. The van der Waals surface area contributed by atoms with Gasteiger partial charge in [-0.1, -0.05) is 33.6 Å². The van der Waals surface area contributed by atoms with Crippen molar-refractivity contribution < 1.29 is 9.21 Å². The molecule has 0 spiro atoms. The number of hydrogen-bond acceptors (Lipinski definition) is 2. The molecule has 3 nitrogen and oxygen atoms in total. The Morgan fingerprint density at radius 3 is 2.58 bits per heavy atom. The van der Waals surface area contributed by atoms with Crippen LogP contribution in [0.15, 0.2) is 16.7 Å². The second-order valence-electron chi connectivity index (χ2n) is 6.73. The van der Waals surface area contributed by atoms with E-state index in [-0.39, 0.29) is 17.4 Å². The molecule has 3 heteroatoms.